The van der Waals surface area contributed by atoms with Crippen LogP contribution in [0.2, 0.25) is 0 Å². The van der Waals surface area contributed by atoms with Crippen molar-refractivity contribution in [3.63, 3.8) is 0 Å². The molecule has 1 aliphatic heterocycles. The van der Waals surface area contributed by atoms with Crippen LogP contribution in [0.5, 0.6) is 11.6 Å². The quantitative estimate of drug-likeness (QED) is 0.303. The SMILES string of the molecule is C=CC(=O)Nc1cccc(Oc2nc(Nc3ccc(N4CCN(C)CC4)cc3CO)nc3ncccc23)c1. The summed E-state index contributed by atoms with van der Waals surface area (Å²) in [6, 6.07) is 16.6. The van der Waals surface area contributed by atoms with Crippen LogP contribution in [-0.4, -0.2) is 64.1 Å². The number of amides is 1. The van der Waals surface area contributed by atoms with Gasteiger partial charge in [-0.25, -0.2) is 4.98 Å². The van der Waals surface area contributed by atoms with Crippen molar-refractivity contribution in [2.24, 2.45) is 0 Å². The Morgan fingerprint density at radius 2 is 1.95 bits per heavy atom. The van der Waals surface area contributed by atoms with Gasteiger partial charge in [0.2, 0.25) is 17.7 Å². The Morgan fingerprint density at radius 3 is 2.74 bits per heavy atom. The first-order valence-electron chi connectivity index (χ1n) is 12.3. The molecule has 1 aliphatic rings. The Bertz CT molecular complexity index is 1470. The van der Waals surface area contributed by atoms with E-state index in [0.29, 0.717) is 34.0 Å². The van der Waals surface area contributed by atoms with Crippen LogP contribution in [0.15, 0.2) is 73.4 Å². The molecule has 2 aromatic carbocycles. The predicted octanol–water partition coefficient (Wildman–Crippen LogP) is 3.93. The molecule has 3 heterocycles. The zero-order valence-corrected chi connectivity index (χ0v) is 21.1. The summed E-state index contributed by atoms with van der Waals surface area (Å²) in [6.07, 6.45) is 2.85. The van der Waals surface area contributed by atoms with E-state index in [9.17, 15) is 9.90 Å². The third-order valence-electron chi connectivity index (χ3n) is 6.31. The highest BCUT2D eigenvalue weighted by Crippen LogP contribution is 2.31. The summed E-state index contributed by atoms with van der Waals surface area (Å²) < 4.78 is 6.12. The number of aromatic nitrogens is 3. The highest BCUT2D eigenvalue weighted by atomic mass is 16.5. The second-order valence-corrected chi connectivity index (χ2v) is 8.97. The number of hydrogen-bond donors (Lipinski definition) is 3. The van der Waals surface area contributed by atoms with E-state index in [-0.39, 0.29) is 18.5 Å². The summed E-state index contributed by atoms with van der Waals surface area (Å²) in [5, 5.41) is 16.7. The van der Waals surface area contributed by atoms with Gasteiger partial charge in [-0.05, 0) is 55.6 Å². The number of aliphatic hydroxyl groups is 1. The fourth-order valence-electron chi connectivity index (χ4n) is 4.23. The summed E-state index contributed by atoms with van der Waals surface area (Å²) in [5.74, 6) is 0.750. The number of ether oxygens (including phenoxy) is 1. The van der Waals surface area contributed by atoms with Crippen LogP contribution in [0.1, 0.15) is 5.56 Å². The number of benzene rings is 2. The van der Waals surface area contributed by atoms with Crippen LogP contribution in [0, 0.1) is 0 Å². The number of nitrogens with zero attached hydrogens (tertiary/aromatic N) is 5. The molecular weight excluding hydrogens is 482 g/mol. The van der Waals surface area contributed by atoms with Crippen LogP contribution in [0.3, 0.4) is 0 Å². The van der Waals surface area contributed by atoms with Gasteiger partial charge in [-0.2, -0.15) is 9.97 Å². The lowest BCUT2D eigenvalue weighted by Crippen LogP contribution is -2.44. The number of rotatable bonds is 8. The molecule has 2 aromatic heterocycles. The molecule has 38 heavy (non-hydrogen) atoms. The highest BCUT2D eigenvalue weighted by molar-refractivity contribution is 5.99. The first kappa shape index (κ1) is 25.1. The Morgan fingerprint density at radius 1 is 1.11 bits per heavy atom. The predicted molar refractivity (Wildman–Crippen MR) is 148 cm³/mol. The average molecular weight is 512 g/mol. The van der Waals surface area contributed by atoms with E-state index in [1.54, 1.807) is 36.5 Å². The van der Waals surface area contributed by atoms with Gasteiger partial charge >= 0.3 is 0 Å². The highest BCUT2D eigenvalue weighted by Gasteiger charge is 2.17. The van der Waals surface area contributed by atoms with Crippen molar-refractivity contribution in [3.8, 4) is 11.6 Å². The number of nitrogens with one attached hydrogen (secondary N) is 2. The zero-order valence-electron chi connectivity index (χ0n) is 21.1. The molecule has 1 fully saturated rings. The summed E-state index contributed by atoms with van der Waals surface area (Å²) in [5.41, 5.74) is 3.52. The Balaban J connectivity index is 1.43. The molecule has 4 aromatic rings. The molecule has 1 saturated heterocycles. The van der Waals surface area contributed by atoms with Crippen LogP contribution in [-0.2, 0) is 11.4 Å². The van der Waals surface area contributed by atoms with Gasteiger partial charge in [-0.15, -0.1) is 0 Å². The van der Waals surface area contributed by atoms with Crippen molar-refractivity contribution in [2.75, 3.05) is 48.8 Å². The lowest BCUT2D eigenvalue weighted by molar-refractivity contribution is -0.111. The van der Waals surface area contributed by atoms with Crippen molar-refractivity contribution < 1.29 is 14.6 Å². The topological polar surface area (TPSA) is 116 Å². The number of anilines is 4. The van der Waals surface area contributed by atoms with Crippen molar-refractivity contribution in [1.29, 1.82) is 0 Å². The number of aliphatic hydroxyl groups excluding tert-OH is 1. The molecule has 194 valence electrons. The number of likely N-dealkylation sites (N-methyl/N-ethyl adjacent to an activating group) is 1. The maximum atomic E-state index is 11.7. The van der Waals surface area contributed by atoms with E-state index >= 15 is 0 Å². The smallest absolute Gasteiger partial charge is 0.247 e. The molecule has 10 nitrogen and oxygen atoms in total. The van der Waals surface area contributed by atoms with E-state index in [1.165, 1.54) is 6.08 Å². The van der Waals surface area contributed by atoms with Crippen LogP contribution < -0.4 is 20.3 Å². The number of hydrogen-bond acceptors (Lipinski definition) is 9. The minimum atomic E-state index is -0.316. The molecule has 0 unspecified atom stereocenters. The largest absolute Gasteiger partial charge is 0.438 e. The number of carbonyl (C=O) groups excluding carboxylic acids is 1. The van der Waals surface area contributed by atoms with E-state index in [4.69, 9.17) is 4.74 Å². The van der Waals surface area contributed by atoms with E-state index in [1.807, 2.05) is 24.3 Å². The number of pyridine rings is 1. The molecule has 0 spiro atoms. The standard InChI is InChI=1S/C28H29N7O3/c1-3-25(37)30-20-6-4-7-22(17-20)38-27-23-8-5-11-29-26(23)32-28(33-27)31-24-10-9-21(16-19(24)18-36)35-14-12-34(2)13-15-35/h3-11,16-17,36H,1,12-15,18H2,2H3,(H,30,37)(H,29,31,32,33). The average Bonchev–Trinajstić information content (AvgIpc) is 2.94. The van der Waals surface area contributed by atoms with Gasteiger partial charge in [-0.1, -0.05) is 12.6 Å². The fraction of sp³-hybridized carbons (Fsp3) is 0.214. The first-order valence-corrected chi connectivity index (χ1v) is 12.3. The summed E-state index contributed by atoms with van der Waals surface area (Å²) >= 11 is 0. The van der Waals surface area contributed by atoms with Gasteiger partial charge in [-0.3, -0.25) is 4.79 Å². The first-order chi connectivity index (χ1) is 18.5. The van der Waals surface area contributed by atoms with Crippen molar-refractivity contribution in [2.45, 2.75) is 6.61 Å². The van der Waals surface area contributed by atoms with Gasteiger partial charge in [0.05, 0.1) is 12.0 Å². The Hall–Kier alpha value is -4.54. The van der Waals surface area contributed by atoms with Gasteiger partial charge in [0.25, 0.3) is 0 Å². The molecule has 0 aliphatic carbocycles. The van der Waals surface area contributed by atoms with Crippen molar-refractivity contribution >= 4 is 40.0 Å². The number of carbonyl (C=O) groups is 1. The zero-order chi connectivity index (χ0) is 26.5. The maximum Gasteiger partial charge on any atom is 0.247 e. The lowest BCUT2D eigenvalue weighted by Gasteiger charge is -2.34. The van der Waals surface area contributed by atoms with Crippen molar-refractivity contribution in [3.05, 3.63) is 79.0 Å². The summed E-state index contributed by atoms with van der Waals surface area (Å²) in [7, 11) is 2.12. The fourth-order valence-corrected chi connectivity index (χ4v) is 4.23. The molecule has 10 heteroatoms. The molecular formula is C28H29N7O3. The van der Waals surface area contributed by atoms with E-state index < -0.39 is 0 Å². The Labute approximate surface area is 220 Å². The monoisotopic (exact) mass is 511 g/mol. The molecule has 0 atom stereocenters. The third-order valence-corrected chi connectivity index (χ3v) is 6.31. The normalized spacial score (nSPS) is 13.8. The molecule has 0 radical (unpaired) electrons. The maximum absolute atomic E-state index is 11.7. The van der Waals surface area contributed by atoms with Crippen molar-refractivity contribution in [1.82, 2.24) is 19.9 Å². The van der Waals surface area contributed by atoms with Crippen LogP contribution in [0.25, 0.3) is 11.0 Å². The van der Waals surface area contributed by atoms with Gasteiger partial charge in [0, 0.05) is 61.1 Å². The summed E-state index contributed by atoms with van der Waals surface area (Å²) in [4.78, 5) is 29.9. The Kier molecular flexibility index (Phi) is 7.43. The molecule has 5 rings (SSSR count). The second kappa shape index (κ2) is 11.2. The summed E-state index contributed by atoms with van der Waals surface area (Å²) in [6.45, 7) is 7.21. The number of fused-ring (bicyclic) bond motifs is 1. The van der Waals surface area contributed by atoms with E-state index in [2.05, 4.69) is 49.0 Å². The third kappa shape index (κ3) is 5.72. The molecule has 1 amide bonds. The van der Waals surface area contributed by atoms with Gasteiger partial charge < -0.3 is 30.3 Å². The van der Waals surface area contributed by atoms with E-state index in [0.717, 1.165) is 37.4 Å². The second-order valence-electron chi connectivity index (χ2n) is 8.97. The molecule has 3 N–H and O–H groups in total. The minimum absolute atomic E-state index is 0.137. The van der Waals surface area contributed by atoms with Crippen LogP contribution in [0.4, 0.5) is 23.0 Å². The van der Waals surface area contributed by atoms with Crippen LogP contribution >= 0.6 is 0 Å². The van der Waals surface area contributed by atoms with Gasteiger partial charge in [0.15, 0.2) is 5.65 Å². The number of piperazine rings is 1. The van der Waals surface area contributed by atoms with Gasteiger partial charge in [0.1, 0.15) is 5.75 Å². The molecule has 0 saturated carbocycles. The minimum Gasteiger partial charge on any atom is -0.438 e. The molecule has 0 bridgehead atoms. The lowest BCUT2D eigenvalue weighted by atomic mass is 10.1.